The standard InChI is InChI=1S/C11H18N2O/c1-8(2)9(7-12)10(14)13-11(3)5-4-6-11/h8-9H,4-6H2,1-3H3,(H,13,14). The molecule has 1 fully saturated rings. The van der Waals surface area contributed by atoms with Crippen molar-refractivity contribution < 1.29 is 4.79 Å². The van der Waals surface area contributed by atoms with Gasteiger partial charge in [0.25, 0.3) is 0 Å². The summed E-state index contributed by atoms with van der Waals surface area (Å²) in [5.74, 6) is -0.527. The van der Waals surface area contributed by atoms with Crippen LogP contribution in [0.5, 0.6) is 0 Å². The fourth-order valence-electron chi connectivity index (χ4n) is 1.72. The van der Waals surface area contributed by atoms with Gasteiger partial charge in [-0.25, -0.2) is 0 Å². The summed E-state index contributed by atoms with van der Waals surface area (Å²) < 4.78 is 0. The van der Waals surface area contributed by atoms with E-state index < -0.39 is 5.92 Å². The Morgan fingerprint density at radius 1 is 1.50 bits per heavy atom. The Bertz CT molecular complexity index is 261. The molecule has 1 unspecified atom stereocenters. The largest absolute Gasteiger partial charge is 0.350 e. The minimum Gasteiger partial charge on any atom is -0.350 e. The van der Waals surface area contributed by atoms with E-state index in [0.717, 1.165) is 12.8 Å². The predicted octanol–water partition coefficient (Wildman–Crippen LogP) is 1.84. The maximum absolute atomic E-state index is 11.7. The van der Waals surface area contributed by atoms with Crippen LogP contribution in [-0.2, 0) is 4.79 Å². The predicted molar refractivity (Wildman–Crippen MR) is 54.3 cm³/mol. The first-order chi connectivity index (χ1) is 6.48. The van der Waals surface area contributed by atoms with E-state index in [9.17, 15) is 4.79 Å². The van der Waals surface area contributed by atoms with E-state index in [4.69, 9.17) is 5.26 Å². The van der Waals surface area contributed by atoms with Gasteiger partial charge in [-0.15, -0.1) is 0 Å². The summed E-state index contributed by atoms with van der Waals surface area (Å²) in [4.78, 5) is 11.7. The quantitative estimate of drug-likeness (QED) is 0.745. The topological polar surface area (TPSA) is 52.9 Å². The molecular formula is C11H18N2O. The Hall–Kier alpha value is -1.04. The Balaban J connectivity index is 2.52. The van der Waals surface area contributed by atoms with Crippen molar-refractivity contribution in [2.45, 2.75) is 45.6 Å². The van der Waals surface area contributed by atoms with Crippen LogP contribution in [0.1, 0.15) is 40.0 Å². The lowest BCUT2D eigenvalue weighted by Gasteiger charge is -2.39. The molecular weight excluding hydrogens is 176 g/mol. The average molecular weight is 194 g/mol. The number of nitrogens with one attached hydrogen (secondary N) is 1. The van der Waals surface area contributed by atoms with Gasteiger partial charge >= 0.3 is 0 Å². The van der Waals surface area contributed by atoms with Gasteiger partial charge in [0.05, 0.1) is 6.07 Å². The number of nitriles is 1. The molecule has 0 heterocycles. The molecule has 0 spiro atoms. The van der Waals surface area contributed by atoms with Crippen molar-refractivity contribution in [2.75, 3.05) is 0 Å². The summed E-state index contributed by atoms with van der Waals surface area (Å²) >= 11 is 0. The Morgan fingerprint density at radius 3 is 2.36 bits per heavy atom. The highest BCUT2D eigenvalue weighted by molar-refractivity contribution is 5.82. The summed E-state index contributed by atoms with van der Waals surface area (Å²) in [6, 6.07) is 2.06. The minimum absolute atomic E-state index is 0.0406. The van der Waals surface area contributed by atoms with Crippen LogP contribution < -0.4 is 5.32 Å². The van der Waals surface area contributed by atoms with Crippen LogP contribution in [0.4, 0.5) is 0 Å². The molecule has 1 atom stereocenters. The fraction of sp³-hybridized carbons (Fsp3) is 0.818. The summed E-state index contributed by atoms with van der Waals surface area (Å²) in [6.45, 7) is 5.84. The third-order valence-electron chi connectivity index (χ3n) is 2.97. The molecule has 1 aliphatic rings. The number of nitrogens with zero attached hydrogens (tertiary/aromatic N) is 1. The zero-order chi connectivity index (χ0) is 10.8. The zero-order valence-electron chi connectivity index (χ0n) is 9.13. The maximum Gasteiger partial charge on any atom is 0.238 e. The summed E-state index contributed by atoms with van der Waals surface area (Å²) in [6.07, 6.45) is 3.25. The lowest BCUT2D eigenvalue weighted by atomic mass is 9.78. The lowest BCUT2D eigenvalue weighted by Crippen LogP contribution is -2.53. The monoisotopic (exact) mass is 194 g/mol. The highest BCUT2D eigenvalue weighted by Gasteiger charge is 2.35. The third kappa shape index (κ3) is 2.25. The van der Waals surface area contributed by atoms with Gasteiger partial charge in [0.15, 0.2) is 0 Å². The van der Waals surface area contributed by atoms with Crippen LogP contribution in [0.2, 0.25) is 0 Å². The molecule has 0 saturated heterocycles. The van der Waals surface area contributed by atoms with Crippen LogP contribution in [-0.4, -0.2) is 11.4 Å². The Labute approximate surface area is 85.5 Å². The molecule has 0 aliphatic heterocycles. The van der Waals surface area contributed by atoms with Gasteiger partial charge in [-0.1, -0.05) is 13.8 Å². The van der Waals surface area contributed by atoms with Crippen LogP contribution in [0.3, 0.4) is 0 Å². The van der Waals surface area contributed by atoms with Gasteiger partial charge in [-0.3, -0.25) is 4.79 Å². The lowest BCUT2D eigenvalue weighted by molar-refractivity contribution is -0.127. The van der Waals surface area contributed by atoms with Gasteiger partial charge in [-0.2, -0.15) is 5.26 Å². The fourth-order valence-corrected chi connectivity index (χ4v) is 1.72. The molecule has 0 bridgehead atoms. The summed E-state index contributed by atoms with van der Waals surface area (Å²) in [7, 11) is 0. The molecule has 1 rings (SSSR count). The molecule has 14 heavy (non-hydrogen) atoms. The molecule has 0 aromatic heterocycles. The second-order valence-corrected chi connectivity index (χ2v) is 4.75. The highest BCUT2D eigenvalue weighted by Crippen LogP contribution is 2.31. The first kappa shape index (κ1) is 11.0. The van der Waals surface area contributed by atoms with E-state index in [0.29, 0.717) is 0 Å². The molecule has 1 saturated carbocycles. The molecule has 0 aromatic carbocycles. The zero-order valence-corrected chi connectivity index (χ0v) is 9.13. The van der Waals surface area contributed by atoms with Crippen molar-refractivity contribution in [3.8, 4) is 6.07 Å². The van der Waals surface area contributed by atoms with Gasteiger partial charge in [0.2, 0.25) is 5.91 Å². The van der Waals surface area contributed by atoms with Crippen molar-refractivity contribution in [3.05, 3.63) is 0 Å². The molecule has 1 N–H and O–H groups in total. The van der Waals surface area contributed by atoms with E-state index in [1.165, 1.54) is 6.42 Å². The van der Waals surface area contributed by atoms with E-state index in [1.54, 1.807) is 0 Å². The smallest absolute Gasteiger partial charge is 0.238 e. The minimum atomic E-state index is -0.507. The van der Waals surface area contributed by atoms with E-state index in [2.05, 4.69) is 11.4 Å². The van der Waals surface area contributed by atoms with Crippen molar-refractivity contribution in [1.29, 1.82) is 5.26 Å². The van der Waals surface area contributed by atoms with Gasteiger partial charge in [0, 0.05) is 5.54 Å². The number of rotatable bonds is 3. The first-order valence-electron chi connectivity index (χ1n) is 5.20. The Morgan fingerprint density at radius 2 is 2.07 bits per heavy atom. The second kappa shape index (κ2) is 4.00. The van der Waals surface area contributed by atoms with Crippen LogP contribution in [0.25, 0.3) is 0 Å². The summed E-state index contributed by atoms with van der Waals surface area (Å²) in [5.41, 5.74) is -0.0406. The average Bonchev–Trinajstić information content (AvgIpc) is 2.01. The Kier molecular flexibility index (Phi) is 3.15. The number of carbonyl (C=O) groups excluding carboxylic acids is 1. The SMILES string of the molecule is CC(C)C(C#N)C(=O)NC1(C)CCC1. The number of carbonyl (C=O) groups is 1. The molecule has 1 amide bonds. The molecule has 0 radical (unpaired) electrons. The molecule has 0 aromatic rings. The first-order valence-corrected chi connectivity index (χ1v) is 5.20. The number of hydrogen-bond acceptors (Lipinski definition) is 2. The normalized spacial score (nSPS) is 20.8. The molecule has 3 nitrogen and oxygen atoms in total. The van der Waals surface area contributed by atoms with Crippen molar-refractivity contribution in [1.82, 2.24) is 5.32 Å². The number of amides is 1. The summed E-state index contributed by atoms with van der Waals surface area (Å²) in [5, 5.41) is 11.8. The van der Waals surface area contributed by atoms with Gasteiger partial charge in [0.1, 0.15) is 5.92 Å². The molecule has 1 aliphatic carbocycles. The van der Waals surface area contributed by atoms with Gasteiger partial charge in [-0.05, 0) is 32.1 Å². The van der Waals surface area contributed by atoms with Crippen LogP contribution in [0, 0.1) is 23.2 Å². The van der Waals surface area contributed by atoms with Gasteiger partial charge < -0.3 is 5.32 Å². The molecule has 78 valence electrons. The highest BCUT2D eigenvalue weighted by atomic mass is 16.2. The van der Waals surface area contributed by atoms with E-state index >= 15 is 0 Å². The maximum atomic E-state index is 11.7. The van der Waals surface area contributed by atoms with Crippen LogP contribution >= 0.6 is 0 Å². The second-order valence-electron chi connectivity index (χ2n) is 4.75. The van der Waals surface area contributed by atoms with Crippen molar-refractivity contribution in [3.63, 3.8) is 0 Å². The number of hydrogen-bond donors (Lipinski definition) is 1. The van der Waals surface area contributed by atoms with E-state index in [1.807, 2.05) is 20.8 Å². The van der Waals surface area contributed by atoms with Crippen LogP contribution in [0.15, 0.2) is 0 Å². The molecule has 3 heteroatoms. The van der Waals surface area contributed by atoms with Crippen molar-refractivity contribution in [2.24, 2.45) is 11.8 Å². The third-order valence-corrected chi connectivity index (χ3v) is 2.97. The van der Waals surface area contributed by atoms with Crippen molar-refractivity contribution >= 4 is 5.91 Å². The van der Waals surface area contributed by atoms with E-state index in [-0.39, 0.29) is 17.4 Å².